The van der Waals surface area contributed by atoms with Gasteiger partial charge in [0.15, 0.2) is 0 Å². The van der Waals surface area contributed by atoms with Crippen molar-refractivity contribution in [3.63, 3.8) is 0 Å². The summed E-state index contributed by atoms with van der Waals surface area (Å²) < 4.78 is 10.9. The third-order valence-electron chi connectivity index (χ3n) is 3.55. The highest BCUT2D eigenvalue weighted by molar-refractivity contribution is 7.51. The summed E-state index contributed by atoms with van der Waals surface area (Å²) >= 11 is 0. The third-order valence-corrected chi connectivity index (χ3v) is 4.45. The number of fused-ring (bicyclic) bond motifs is 1. The summed E-state index contributed by atoms with van der Waals surface area (Å²) in [6, 6.07) is 6.84. The van der Waals surface area contributed by atoms with Crippen molar-refractivity contribution in [1.29, 1.82) is 0 Å². The Kier molecular flexibility index (Phi) is 6.23. The standard InChI is InChI=1S/C13H18NO5P.ClH/c15-13(16)12-8-9(4-3-7-20(17,18)19)10-5-1-2-6-11(10)14-12;/h1-2,5-6,9,12,14H,3-4,7-8H2,(H,15,16)(H2,17,18,19);1H/t9-,12-;/m1./s1. The van der Waals surface area contributed by atoms with Crippen LogP contribution in [0.2, 0.25) is 0 Å². The van der Waals surface area contributed by atoms with Crippen LogP contribution in [0.1, 0.15) is 30.7 Å². The van der Waals surface area contributed by atoms with Crippen LogP contribution in [0.3, 0.4) is 0 Å². The number of aliphatic carboxylic acids is 1. The fourth-order valence-electron chi connectivity index (χ4n) is 2.62. The molecule has 2 rings (SSSR count). The molecule has 1 aliphatic heterocycles. The first kappa shape index (κ1) is 18.0. The van der Waals surface area contributed by atoms with Gasteiger partial charge in [0.1, 0.15) is 6.04 Å². The van der Waals surface area contributed by atoms with Gasteiger partial charge in [-0.3, -0.25) is 4.57 Å². The summed E-state index contributed by atoms with van der Waals surface area (Å²) in [6.07, 6.45) is 1.24. The Balaban J connectivity index is 0.00000220. The molecule has 6 nitrogen and oxygen atoms in total. The molecule has 0 aliphatic carbocycles. The van der Waals surface area contributed by atoms with Crippen molar-refractivity contribution >= 4 is 31.7 Å². The lowest BCUT2D eigenvalue weighted by molar-refractivity contribution is -0.138. The molecule has 0 aromatic heterocycles. The van der Waals surface area contributed by atoms with Crippen LogP contribution >= 0.6 is 20.0 Å². The number of carboxylic acid groups (broad SMARTS) is 1. The molecular weight excluding hydrogens is 317 g/mol. The first-order chi connectivity index (χ1) is 9.37. The highest BCUT2D eigenvalue weighted by Gasteiger charge is 2.30. The van der Waals surface area contributed by atoms with Gasteiger partial charge >= 0.3 is 13.6 Å². The maximum absolute atomic E-state index is 11.2. The fraction of sp³-hybridized carbons (Fsp3) is 0.462. The summed E-state index contributed by atoms with van der Waals surface area (Å²) in [7, 11) is -3.98. The number of benzene rings is 1. The lowest BCUT2D eigenvalue weighted by Crippen LogP contribution is -2.35. The molecular formula is C13H19ClNO5P. The number of anilines is 1. The molecule has 118 valence electrons. The molecule has 0 radical (unpaired) electrons. The van der Waals surface area contributed by atoms with Crippen LogP contribution in [0.25, 0.3) is 0 Å². The minimum atomic E-state index is -3.98. The zero-order valence-electron chi connectivity index (χ0n) is 11.3. The quantitative estimate of drug-likeness (QED) is 0.616. The van der Waals surface area contributed by atoms with Gasteiger partial charge in [-0.2, -0.15) is 0 Å². The monoisotopic (exact) mass is 335 g/mol. The van der Waals surface area contributed by atoms with E-state index in [-0.39, 0.29) is 24.5 Å². The second kappa shape index (κ2) is 7.27. The topological polar surface area (TPSA) is 107 Å². The van der Waals surface area contributed by atoms with Crippen molar-refractivity contribution in [2.24, 2.45) is 0 Å². The van der Waals surface area contributed by atoms with E-state index in [4.69, 9.17) is 14.9 Å². The van der Waals surface area contributed by atoms with Gasteiger partial charge in [0, 0.05) is 11.8 Å². The van der Waals surface area contributed by atoms with Crippen molar-refractivity contribution in [3.8, 4) is 0 Å². The van der Waals surface area contributed by atoms with Gasteiger partial charge in [-0.1, -0.05) is 18.2 Å². The predicted molar refractivity (Wildman–Crippen MR) is 82.2 cm³/mol. The molecule has 0 fully saturated rings. The number of carboxylic acids is 1. The van der Waals surface area contributed by atoms with Crippen LogP contribution in [0.5, 0.6) is 0 Å². The smallest absolute Gasteiger partial charge is 0.326 e. The van der Waals surface area contributed by atoms with Crippen molar-refractivity contribution in [3.05, 3.63) is 29.8 Å². The minimum absolute atomic E-state index is 0. The Bertz CT molecular complexity index is 547. The summed E-state index contributed by atoms with van der Waals surface area (Å²) in [5.74, 6) is -0.889. The van der Waals surface area contributed by atoms with E-state index in [1.807, 2.05) is 24.3 Å². The van der Waals surface area contributed by atoms with Crippen molar-refractivity contribution in [2.75, 3.05) is 11.5 Å². The molecule has 0 amide bonds. The van der Waals surface area contributed by atoms with Crippen molar-refractivity contribution in [1.82, 2.24) is 0 Å². The second-order valence-electron chi connectivity index (χ2n) is 5.09. The maximum Gasteiger partial charge on any atom is 0.326 e. The first-order valence-corrected chi connectivity index (χ1v) is 8.29. The molecule has 2 atom stereocenters. The van der Waals surface area contributed by atoms with E-state index in [0.29, 0.717) is 19.3 Å². The van der Waals surface area contributed by atoms with E-state index in [1.165, 1.54) is 0 Å². The summed E-state index contributed by atoms with van der Waals surface area (Å²) in [5, 5.41) is 12.1. The van der Waals surface area contributed by atoms with Crippen LogP contribution in [0, 0.1) is 0 Å². The number of nitrogens with one attached hydrogen (secondary N) is 1. The normalized spacial score (nSPS) is 20.9. The lowest BCUT2D eigenvalue weighted by Gasteiger charge is -2.31. The van der Waals surface area contributed by atoms with Gasteiger partial charge in [0.2, 0.25) is 0 Å². The largest absolute Gasteiger partial charge is 0.480 e. The molecule has 4 N–H and O–H groups in total. The Hall–Kier alpha value is -1.07. The van der Waals surface area contributed by atoms with Gasteiger partial charge in [-0.25, -0.2) is 4.79 Å². The molecule has 0 saturated heterocycles. The van der Waals surface area contributed by atoms with Crippen molar-refractivity contribution in [2.45, 2.75) is 31.2 Å². The second-order valence-corrected chi connectivity index (χ2v) is 6.86. The number of hydrogen-bond acceptors (Lipinski definition) is 3. The van der Waals surface area contributed by atoms with E-state index in [2.05, 4.69) is 5.32 Å². The fourth-order valence-corrected chi connectivity index (χ4v) is 3.22. The summed E-state index contributed by atoms with van der Waals surface area (Å²) in [6.45, 7) is 0. The van der Waals surface area contributed by atoms with Crippen LogP contribution < -0.4 is 5.32 Å². The molecule has 1 heterocycles. The maximum atomic E-state index is 11.2. The molecule has 1 aromatic carbocycles. The molecule has 1 aromatic rings. The predicted octanol–water partition coefficient (Wildman–Crippen LogP) is 2.42. The highest BCUT2D eigenvalue weighted by atomic mass is 35.5. The van der Waals surface area contributed by atoms with Gasteiger partial charge in [-0.15, -0.1) is 12.4 Å². The zero-order chi connectivity index (χ0) is 14.8. The van der Waals surface area contributed by atoms with Gasteiger partial charge < -0.3 is 20.2 Å². The average Bonchev–Trinajstić information content (AvgIpc) is 2.36. The number of hydrogen-bond donors (Lipinski definition) is 4. The van der Waals surface area contributed by atoms with Gasteiger partial charge in [-0.05, 0) is 36.8 Å². The Morgan fingerprint density at radius 2 is 2.00 bits per heavy atom. The zero-order valence-corrected chi connectivity index (χ0v) is 13.0. The number of para-hydroxylation sites is 1. The lowest BCUT2D eigenvalue weighted by atomic mass is 9.84. The van der Waals surface area contributed by atoms with Crippen LogP contribution in [0.4, 0.5) is 5.69 Å². The Morgan fingerprint density at radius 1 is 1.33 bits per heavy atom. The Labute approximate surface area is 129 Å². The number of carbonyl (C=O) groups is 1. The molecule has 8 heteroatoms. The van der Waals surface area contributed by atoms with Gasteiger partial charge in [0.05, 0.1) is 0 Å². The molecule has 1 aliphatic rings. The Morgan fingerprint density at radius 3 is 2.62 bits per heavy atom. The molecule has 21 heavy (non-hydrogen) atoms. The average molecular weight is 336 g/mol. The van der Waals surface area contributed by atoms with E-state index >= 15 is 0 Å². The van der Waals surface area contributed by atoms with Gasteiger partial charge in [0.25, 0.3) is 0 Å². The number of rotatable bonds is 5. The SMILES string of the molecule is Cl.O=C(O)[C@H]1C[C@@H](CCCP(=O)(O)O)c2ccccc2N1. The molecule has 0 saturated carbocycles. The molecule has 0 bridgehead atoms. The minimum Gasteiger partial charge on any atom is -0.480 e. The van der Waals surface area contributed by atoms with E-state index < -0.39 is 19.6 Å². The van der Waals surface area contributed by atoms with E-state index in [1.54, 1.807) is 0 Å². The van der Waals surface area contributed by atoms with Crippen LogP contribution in [0.15, 0.2) is 24.3 Å². The molecule has 0 spiro atoms. The van der Waals surface area contributed by atoms with Crippen LogP contribution in [-0.4, -0.2) is 33.1 Å². The van der Waals surface area contributed by atoms with Crippen LogP contribution in [-0.2, 0) is 9.36 Å². The molecule has 0 unspecified atom stereocenters. The highest BCUT2D eigenvalue weighted by Crippen LogP contribution is 2.40. The third kappa shape index (κ3) is 5.00. The van der Waals surface area contributed by atoms with E-state index in [0.717, 1.165) is 11.3 Å². The summed E-state index contributed by atoms with van der Waals surface area (Å²) in [4.78, 5) is 28.9. The van der Waals surface area contributed by atoms with E-state index in [9.17, 15) is 9.36 Å². The summed E-state index contributed by atoms with van der Waals surface area (Å²) in [5.41, 5.74) is 1.82. The number of halogens is 1. The van der Waals surface area contributed by atoms with Crippen molar-refractivity contribution < 1.29 is 24.3 Å². The first-order valence-electron chi connectivity index (χ1n) is 6.49.